The van der Waals surface area contributed by atoms with Crippen molar-refractivity contribution in [1.29, 1.82) is 0 Å². The van der Waals surface area contributed by atoms with Crippen LogP contribution in [0, 0.1) is 12.8 Å². The SMILES string of the molecule is Cc1ccc(OCC2CCNCC2)c(Br)c1. The highest BCUT2D eigenvalue weighted by Crippen LogP contribution is 2.26. The molecule has 0 spiro atoms. The van der Waals surface area contributed by atoms with E-state index in [4.69, 9.17) is 4.74 Å². The van der Waals surface area contributed by atoms with Crippen LogP contribution in [0.15, 0.2) is 22.7 Å². The van der Waals surface area contributed by atoms with E-state index in [0.29, 0.717) is 5.92 Å². The fourth-order valence-corrected chi connectivity index (χ4v) is 2.59. The molecule has 0 saturated carbocycles. The van der Waals surface area contributed by atoms with Gasteiger partial charge in [0.05, 0.1) is 11.1 Å². The second-order valence-corrected chi connectivity index (χ2v) is 5.29. The van der Waals surface area contributed by atoms with Gasteiger partial charge in [-0.2, -0.15) is 0 Å². The number of hydrogen-bond donors (Lipinski definition) is 1. The summed E-state index contributed by atoms with van der Waals surface area (Å²) in [5.74, 6) is 1.67. The summed E-state index contributed by atoms with van der Waals surface area (Å²) >= 11 is 3.53. The smallest absolute Gasteiger partial charge is 0.133 e. The Morgan fingerprint density at radius 3 is 2.81 bits per heavy atom. The monoisotopic (exact) mass is 283 g/mol. The molecule has 0 unspecified atom stereocenters. The largest absolute Gasteiger partial charge is 0.492 e. The number of ether oxygens (including phenoxy) is 1. The molecule has 1 N–H and O–H groups in total. The van der Waals surface area contributed by atoms with Gasteiger partial charge < -0.3 is 10.1 Å². The zero-order chi connectivity index (χ0) is 11.4. The Hall–Kier alpha value is -0.540. The van der Waals surface area contributed by atoms with Gasteiger partial charge in [-0.15, -0.1) is 0 Å². The summed E-state index contributed by atoms with van der Waals surface area (Å²) in [6.45, 7) is 5.18. The van der Waals surface area contributed by atoms with Crippen molar-refractivity contribution < 1.29 is 4.74 Å². The lowest BCUT2D eigenvalue weighted by Crippen LogP contribution is -2.30. The lowest BCUT2D eigenvalue weighted by Gasteiger charge is -2.22. The summed E-state index contributed by atoms with van der Waals surface area (Å²) < 4.78 is 6.91. The van der Waals surface area contributed by atoms with Crippen molar-refractivity contribution in [2.24, 2.45) is 5.92 Å². The lowest BCUT2D eigenvalue weighted by molar-refractivity contribution is 0.214. The Kier molecular flexibility index (Phi) is 4.24. The summed E-state index contributed by atoms with van der Waals surface area (Å²) in [4.78, 5) is 0. The van der Waals surface area contributed by atoms with Gasteiger partial charge in [-0.05, 0) is 72.4 Å². The molecule has 3 heteroatoms. The van der Waals surface area contributed by atoms with Gasteiger partial charge in [-0.1, -0.05) is 6.07 Å². The highest BCUT2D eigenvalue weighted by Gasteiger charge is 2.14. The molecule has 1 saturated heterocycles. The highest BCUT2D eigenvalue weighted by atomic mass is 79.9. The maximum atomic E-state index is 5.86. The van der Waals surface area contributed by atoms with Gasteiger partial charge in [0.1, 0.15) is 5.75 Å². The Balaban J connectivity index is 1.88. The Morgan fingerprint density at radius 1 is 1.38 bits per heavy atom. The van der Waals surface area contributed by atoms with Crippen LogP contribution in [0.2, 0.25) is 0 Å². The van der Waals surface area contributed by atoms with Crippen LogP contribution in [0.25, 0.3) is 0 Å². The zero-order valence-corrected chi connectivity index (χ0v) is 11.2. The molecular formula is C13H18BrNO. The van der Waals surface area contributed by atoms with Crippen LogP contribution in [0.5, 0.6) is 5.75 Å². The van der Waals surface area contributed by atoms with Crippen LogP contribution in [0.4, 0.5) is 0 Å². The first kappa shape index (κ1) is 11.9. The number of aryl methyl sites for hydroxylation is 1. The van der Waals surface area contributed by atoms with E-state index >= 15 is 0 Å². The maximum absolute atomic E-state index is 5.86. The third-order valence-corrected chi connectivity index (χ3v) is 3.64. The van der Waals surface area contributed by atoms with Crippen LogP contribution in [0.1, 0.15) is 18.4 Å². The third kappa shape index (κ3) is 3.22. The molecule has 16 heavy (non-hydrogen) atoms. The zero-order valence-electron chi connectivity index (χ0n) is 9.63. The Bertz CT molecular complexity index is 348. The van der Waals surface area contributed by atoms with Gasteiger partial charge in [0, 0.05) is 0 Å². The summed E-state index contributed by atoms with van der Waals surface area (Å²) in [5, 5.41) is 3.37. The third-order valence-electron chi connectivity index (χ3n) is 3.02. The van der Waals surface area contributed by atoms with Gasteiger partial charge in [0.15, 0.2) is 0 Å². The van der Waals surface area contributed by atoms with Gasteiger partial charge in [-0.3, -0.25) is 0 Å². The topological polar surface area (TPSA) is 21.3 Å². The first-order valence-electron chi connectivity index (χ1n) is 5.85. The summed E-state index contributed by atoms with van der Waals surface area (Å²) in [7, 11) is 0. The number of benzene rings is 1. The van der Waals surface area contributed by atoms with E-state index in [-0.39, 0.29) is 0 Å². The molecule has 0 atom stereocenters. The minimum atomic E-state index is 0.703. The summed E-state index contributed by atoms with van der Waals surface area (Å²) in [5.41, 5.74) is 1.25. The molecule has 0 bridgehead atoms. The van der Waals surface area contributed by atoms with Crippen molar-refractivity contribution in [3.05, 3.63) is 28.2 Å². The highest BCUT2D eigenvalue weighted by molar-refractivity contribution is 9.10. The van der Waals surface area contributed by atoms with Crippen LogP contribution < -0.4 is 10.1 Å². The second kappa shape index (κ2) is 5.69. The number of piperidine rings is 1. The van der Waals surface area contributed by atoms with E-state index in [1.54, 1.807) is 0 Å². The molecule has 2 rings (SSSR count). The lowest BCUT2D eigenvalue weighted by atomic mass is 9.99. The van der Waals surface area contributed by atoms with Crippen molar-refractivity contribution in [2.75, 3.05) is 19.7 Å². The van der Waals surface area contributed by atoms with Gasteiger partial charge in [0.2, 0.25) is 0 Å². The first-order valence-corrected chi connectivity index (χ1v) is 6.64. The molecule has 2 nitrogen and oxygen atoms in total. The van der Waals surface area contributed by atoms with Crippen molar-refractivity contribution in [1.82, 2.24) is 5.32 Å². The molecule has 0 amide bonds. The van der Waals surface area contributed by atoms with Gasteiger partial charge >= 0.3 is 0 Å². The van der Waals surface area contributed by atoms with E-state index in [2.05, 4.69) is 40.3 Å². The van der Waals surface area contributed by atoms with Crippen molar-refractivity contribution in [3.8, 4) is 5.75 Å². The van der Waals surface area contributed by atoms with Crippen molar-refractivity contribution >= 4 is 15.9 Å². The standard InChI is InChI=1S/C13H18BrNO/c1-10-2-3-13(12(14)8-10)16-9-11-4-6-15-7-5-11/h2-3,8,11,15H,4-7,9H2,1H3. The van der Waals surface area contributed by atoms with Crippen LogP contribution >= 0.6 is 15.9 Å². The molecule has 1 aromatic rings. The summed E-state index contributed by atoms with van der Waals surface area (Å²) in [6, 6.07) is 6.22. The molecule has 0 aliphatic carbocycles. The second-order valence-electron chi connectivity index (χ2n) is 4.44. The predicted octanol–water partition coefficient (Wildman–Crippen LogP) is 3.14. The molecule has 1 heterocycles. The normalized spacial score (nSPS) is 17.4. The average molecular weight is 284 g/mol. The van der Waals surface area contributed by atoms with Crippen molar-refractivity contribution in [3.63, 3.8) is 0 Å². The summed E-state index contributed by atoms with van der Waals surface area (Å²) in [6.07, 6.45) is 2.45. The fourth-order valence-electron chi connectivity index (χ4n) is 1.98. The van der Waals surface area contributed by atoms with E-state index in [9.17, 15) is 0 Å². The van der Waals surface area contributed by atoms with Crippen LogP contribution in [-0.2, 0) is 0 Å². The Labute approximate surface area is 106 Å². The van der Waals surface area contributed by atoms with Gasteiger partial charge in [-0.25, -0.2) is 0 Å². The quantitative estimate of drug-likeness (QED) is 0.920. The molecule has 88 valence electrons. The number of halogens is 1. The maximum Gasteiger partial charge on any atom is 0.133 e. The number of hydrogen-bond acceptors (Lipinski definition) is 2. The molecule has 1 aliphatic heterocycles. The molecule has 1 aromatic carbocycles. The van der Waals surface area contributed by atoms with E-state index in [0.717, 1.165) is 29.9 Å². The van der Waals surface area contributed by atoms with E-state index in [1.165, 1.54) is 18.4 Å². The minimum Gasteiger partial charge on any atom is -0.492 e. The first-order chi connectivity index (χ1) is 7.75. The molecule has 0 aromatic heterocycles. The fraction of sp³-hybridized carbons (Fsp3) is 0.538. The molecule has 1 fully saturated rings. The van der Waals surface area contributed by atoms with Gasteiger partial charge in [0.25, 0.3) is 0 Å². The molecule has 1 aliphatic rings. The predicted molar refractivity (Wildman–Crippen MR) is 70.0 cm³/mol. The molecular weight excluding hydrogens is 266 g/mol. The van der Waals surface area contributed by atoms with E-state index < -0.39 is 0 Å². The number of nitrogens with one attached hydrogen (secondary N) is 1. The average Bonchev–Trinajstić information content (AvgIpc) is 2.29. The minimum absolute atomic E-state index is 0.703. The van der Waals surface area contributed by atoms with Crippen LogP contribution in [-0.4, -0.2) is 19.7 Å². The molecule has 0 radical (unpaired) electrons. The van der Waals surface area contributed by atoms with Crippen LogP contribution in [0.3, 0.4) is 0 Å². The van der Waals surface area contributed by atoms with Crippen molar-refractivity contribution in [2.45, 2.75) is 19.8 Å². The Morgan fingerprint density at radius 2 is 2.12 bits per heavy atom. The number of rotatable bonds is 3. The van der Waals surface area contributed by atoms with E-state index in [1.807, 2.05) is 6.07 Å².